The van der Waals surface area contributed by atoms with Crippen molar-refractivity contribution in [3.05, 3.63) is 80.7 Å². The molecule has 0 saturated carbocycles. The fourth-order valence-corrected chi connectivity index (χ4v) is 3.72. The second-order valence-corrected chi connectivity index (χ2v) is 7.72. The van der Waals surface area contributed by atoms with Crippen molar-refractivity contribution < 1.29 is 18.7 Å². The van der Waals surface area contributed by atoms with Crippen LogP contribution in [0, 0.1) is 13.8 Å². The largest absolute Gasteiger partial charge is 0.457 e. The Morgan fingerprint density at radius 1 is 1.10 bits per heavy atom. The van der Waals surface area contributed by atoms with E-state index in [9.17, 15) is 14.4 Å². The van der Waals surface area contributed by atoms with Gasteiger partial charge < -0.3 is 14.1 Å². The molecule has 0 atom stereocenters. The molecule has 30 heavy (non-hydrogen) atoms. The van der Waals surface area contributed by atoms with Crippen LogP contribution < -0.4 is 5.63 Å². The van der Waals surface area contributed by atoms with Gasteiger partial charge in [0.25, 0.3) is 0 Å². The van der Waals surface area contributed by atoms with Crippen molar-refractivity contribution in [3.8, 4) is 0 Å². The molecule has 0 radical (unpaired) electrons. The number of carbonyl (C=O) groups is 2. The summed E-state index contributed by atoms with van der Waals surface area (Å²) in [6.07, 6.45) is 1.46. The van der Waals surface area contributed by atoms with Crippen LogP contribution in [-0.4, -0.2) is 23.3 Å². The van der Waals surface area contributed by atoms with Crippen molar-refractivity contribution in [1.82, 2.24) is 4.90 Å². The number of aryl methyl sites for hydroxylation is 2. The molecule has 0 aliphatic carbocycles. The SMILES string of the molecule is Cc1cc2oc(=O)cc(COC(=O)c3cccc(CN4CCCC4=O)c3)c2cc1C. The van der Waals surface area contributed by atoms with Crippen molar-refractivity contribution in [1.29, 1.82) is 0 Å². The minimum Gasteiger partial charge on any atom is -0.457 e. The molecule has 1 fully saturated rings. The summed E-state index contributed by atoms with van der Waals surface area (Å²) in [7, 11) is 0. The minimum absolute atomic E-state index is 0.0295. The summed E-state index contributed by atoms with van der Waals surface area (Å²) in [6, 6.07) is 12.2. The lowest BCUT2D eigenvalue weighted by Gasteiger charge is -2.16. The van der Waals surface area contributed by atoms with Crippen LogP contribution in [0.5, 0.6) is 0 Å². The summed E-state index contributed by atoms with van der Waals surface area (Å²) in [4.78, 5) is 38.2. The number of esters is 1. The maximum Gasteiger partial charge on any atom is 0.338 e. The van der Waals surface area contributed by atoms with Crippen LogP contribution in [0.3, 0.4) is 0 Å². The van der Waals surface area contributed by atoms with Gasteiger partial charge in [0, 0.05) is 36.5 Å². The number of hydrogen-bond donors (Lipinski definition) is 0. The van der Waals surface area contributed by atoms with E-state index in [1.165, 1.54) is 6.07 Å². The summed E-state index contributed by atoms with van der Waals surface area (Å²) in [6.45, 7) is 5.13. The van der Waals surface area contributed by atoms with Crippen LogP contribution in [-0.2, 0) is 22.7 Å². The normalized spacial score (nSPS) is 13.8. The molecule has 0 N–H and O–H groups in total. The zero-order chi connectivity index (χ0) is 21.3. The number of benzene rings is 2. The van der Waals surface area contributed by atoms with E-state index in [1.807, 2.05) is 32.0 Å². The maximum atomic E-state index is 12.6. The Morgan fingerprint density at radius 3 is 2.67 bits per heavy atom. The highest BCUT2D eigenvalue weighted by atomic mass is 16.5. The quantitative estimate of drug-likeness (QED) is 0.475. The van der Waals surface area contributed by atoms with Gasteiger partial charge in [-0.15, -0.1) is 0 Å². The first-order valence-electron chi connectivity index (χ1n) is 9.98. The van der Waals surface area contributed by atoms with E-state index in [0.717, 1.165) is 35.0 Å². The number of carbonyl (C=O) groups excluding carboxylic acids is 2. The molecule has 6 nitrogen and oxygen atoms in total. The fraction of sp³-hybridized carbons (Fsp3) is 0.292. The highest BCUT2D eigenvalue weighted by Gasteiger charge is 2.20. The molecule has 154 valence electrons. The number of rotatable bonds is 5. The number of ether oxygens (including phenoxy) is 1. The summed E-state index contributed by atoms with van der Waals surface area (Å²) < 4.78 is 10.8. The van der Waals surface area contributed by atoms with Gasteiger partial charge in [0.2, 0.25) is 5.91 Å². The van der Waals surface area contributed by atoms with Crippen LogP contribution in [0.15, 0.2) is 51.7 Å². The monoisotopic (exact) mass is 405 g/mol. The number of likely N-dealkylation sites (tertiary alicyclic amines) is 1. The van der Waals surface area contributed by atoms with E-state index in [-0.39, 0.29) is 12.5 Å². The maximum absolute atomic E-state index is 12.6. The van der Waals surface area contributed by atoms with E-state index < -0.39 is 11.6 Å². The van der Waals surface area contributed by atoms with Crippen LogP contribution >= 0.6 is 0 Å². The molecule has 3 aromatic rings. The number of hydrogen-bond acceptors (Lipinski definition) is 5. The van der Waals surface area contributed by atoms with E-state index in [2.05, 4.69) is 0 Å². The Kier molecular flexibility index (Phi) is 5.40. The van der Waals surface area contributed by atoms with Crippen molar-refractivity contribution in [2.24, 2.45) is 0 Å². The van der Waals surface area contributed by atoms with Gasteiger partial charge in [-0.3, -0.25) is 4.79 Å². The molecule has 0 bridgehead atoms. The highest BCUT2D eigenvalue weighted by molar-refractivity contribution is 5.90. The standard InChI is InChI=1S/C24H23NO5/c1-15-9-20-19(12-23(27)30-21(20)10-16(15)2)14-29-24(28)18-6-3-5-17(11-18)13-25-8-4-7-22(25)26/h3,5-6,9-12H,4,7-8,13-14H2,1-2H3. The molecule has 4 rings (SSSR count). The predicted octanol–water partition coefficient (Wildman–Crippen LogP) is 3.89. The lowest BCUT2D eigenvalue weighted by atomic mass is 10.0. The molecule has 1 aromatic heterocycles. The molecular formula is C24H23NO5. The van der Waals surface area contributed by atoms with Gasteiger partial charge in [0.15, 0.2) is 0 Å². The molecule has 0 unspecified atom stereocenters. The Bertz CT molecular complexity index is 1190. The van der Waals surface area contributed by atoms with Gasteiger partial charge in [-0.1, -0.05) is 12.1 Å². The first kappa shape index (κ1) is 19.9. The van der Waals surface area contributed by atoms with Crippen molar-refractivity contribution in [2.45, 2.75) is 39.8 Å². The highest BCUT2D eigenvalue weighted by Crippen LogP contribution is 2.23. The zero-order valence-electron chi connectivity index (χ0n) is 17.1. The topological polar surface area (TPSA) is 76.8 Å². The molecule has 2 heterocycles. The van der Waals surface area contributed by atoms with Crippen LogP contribution in [0.1, 0.15) is 45.5 Å². The second-order valence-electron chi connectivity index (χ2n) is 7.72. The molecule has 0 spiro atoms. The van der Waals surface area contributed by atoms with Crippen molar-refractivity contribution in [2.75, 3.05) is 6.54 Å². The summed E-state index contributed by atoms with van der Waals surface area (Å²) in [5.41, 5.74) is 4.00. The fourth-order valence-electron chi connectivity index (χ4n) is 3.72. The zero-order valence-corrected chi connectivity index (χ0v) is 17.1. The van der Waals surface area contributed by atoms with E-state index in [1.54, 1.807) is 23.1 Å². The van der Waals surface area contributed by atoms with Gasteiger partial charge in [-0.2, -0.15) is 0 Å². The molecule has 6 heteroatoms. The molecule has 1 saturated heterocycles. The average molecular weight is 405 g/mol. The van der Waals surface area contributed by atoms with Gasteiger partial charge in [-0.05, 0) is 61.2 Å². The lowest BCUT2D eigenvalue weighted by Crippen LogP contribution is -2.23. The first-order valence-corrected chi connectivity index (χ1v) is 9.98. The van der Waals surface area contributed by atoms with Crippen LogP contribution in [0.4, 0.5) is 0 Å². The Hall–Kier alpha value is -3.41. The van der Waals surface area contributed by atoms with Crippen molar-refractivity contribution in [3.63, 3.8) is 0 Å². The van der Waals surface area contributed by atoms with Crippen LogP contribution in [0.25, 0.3) is 11.0 Å². The van der Waals surface area contributed by atoms with Gasteiger partial charge in [0.05, 0.1) is 5.56 Å². The second kappa shape index (κ2) is 8.14. The third-order valence-corrected chi connectivity index (χ3v) is 5.51. The third-order valence-electron chi connectivity index (χ3n) is 5.51. The van der Waals surface area contributed by atoms with Crippen molar-refractivity contribution >= 4 is 22.8 Å². The number of amides is 1. The smallest absolute Gasteiger partial charge is 0.338 e. The summed E-state index contributed by atoms with van der Waals surface area (Å²) in [5.74, 6) is -0.335. The molecule has 1 aliphatic rings. The van der Waals surface area contributed by atoms with E-state index in [4.69, 9.17) is 9.15 Å². The summed E-state index contributed by atoms with van der Waals surface area (Å²) in [5, 5.41) is 0.756. The summed E-state index contributed by atoms with van der Waals surface area (Å²) >= 11 is 0. The van der Waals surface area contributed by atoms with E-state index in [0.29, 0.717) is 29.7 Å². The van der Waals surface area contributed by atoms with Gasteiger partial charge >= 0.3 is 11.6 Å². The van der Waals surface area contributed by atoms with Crippen LogP contribution in [0.2, 0.25) is 0 Å². The minimum atomic E-state index is -0.478. The van der Waals surface area contributed by atoms with E-state index >= 15 is 0 Å². The first-order chi connectivity index (χ1) is 14.4. The van der Waals surface area contributed by atoms with Gasteiger partial charge in [0.1, 0.15) is 12.2 Å². The molecule has 2 aromatic carbocycles. The Morgan fingerprint density at radius 2 is 1.90 bits per heavy atom. The average Bonchev–Trinajstić information content (AvgIpc) is 3.12. The number of nitrogens with zero attached hydrogens (tertiary/aromatic N) is 1. The van der Waals surface area contributed by atoms with Gasteiger partial charge in [-0.25, -0.2) is 9.59 Å². The predicted molar refractivity (Wildman–Crippen MR) is 112 cm³/mol. The lowest BCUT2D eigenvalue weighted by molar-refractivity contribution is -0.128. The molecular weight excluding hydrogens is 382 g/mol. The third kappa shape index (κ3) is 4.13. The number of fused-ring (bicyclic) bond motifs is 1. The molecule has 1 aliphatic heterocycles. The molecule has 1 amide bonds. The Labute approximate surface area is 174 Å². The Balaban J connectivity index is 1.51.